The molecule has 0 aliphatic rings. The van der Waals surface area contributed by atoms with Crippen molar-refractivity contribution in [2.75, 3.05) is 7.05 Å². The molecule has 0 spiro atoms. The van der Waals surface area contributed by atoms with Crippen molar-refractivity contribution in [2.24, 2.45) is 5.41 Å². The Morgan fingerprint density at radius 2 is 1.64 bits per heavy atom. The summed E-state index contributed by atoms with van der Waals surface area (Å²) in [6.45, 7) is 10.1. The molecule has 1 N–H and O–H groups in total. The summed E-state index contributed by atoms with van der Waals surface area (Å²) >= 11 is 0. The highest BCUT2D eigenvalue weighted by Gasteiger charge is 2.13. The van der Waals surface area contributed by atoms with Crippen molar-refractivity contribution in [2.45, 2.75) is 41.0 Å². The Morgan fingerprint density at radius 3 is 1.73 bits per heavy atom. The van der Waals surface area contributed by atoms with Gasteiger partial charge < -0.3 is 5.32 Å². The SMILES string of the molecule is CC.CNC(=O)CC(C)(C)C. The number of carbonyl (C=O) groups excluding carboxylic acids is 1. The first-order valence-corrected chi connectivity index (χ1v) is 4.16. The highest BCUT2D eigenvalue weighted by Crippen LogP contribution is 2.17. The van der Waals surface area contributed by atoms with E-state index in [1.165, 1.54) is 0 Å². The molecular weight excluding hydrogens is 138 g/mol. The van der Waals surface area contributed by atoms with Crippen molar-refractivity contribution in [1.29, 1.82) is 0 Å². The van der Waals surface area contributed by atoms with E-state index in [2.05, 4.69) is 5.32 Å². The Bertz CT molecular complexity index is 103. The van der Waals surface area contributed by atoms with Gasteiger partial charge in [-0.25, -0.2) is 0 Å². The van der Waals surface area contributed by atoms with Gasteiger partial charge in [0.1, 0.15) is 0 Å². The lowest BCUT2D eigenvalue weighted by molar-refractivity contribution is -0.122. The second-order valence-corrected chi connectivity index (χ2v) is 3.41. The Morgan fingerprint density at radius 1 is 1.27 bits per heavy atom. The fourth-order valence-electron chi connectivity index (χ4n) is 0.570. The van der Waals surface area contributed by atoms with E-state index in [-0.39, 0.29) is 11.3 Å². The van der Waals surface area contributed by atoms with E-state index >= 15 is 0 Å². The largest absolute Gasteiger partial charge is 0.359 e. The molecule has 0 aromatic rings. The lowest BCUT2D eigenvalue weighted by atomic mass is 9.92. The van der Waals surface area contributed by atoms with Gasteiger partial charge >= 0.3 is 0 Å². The standard InChI is InChI=1S/C7H15NO.C2H6/c1-7(2,3)5-6(9)8-4;1-2/h5H2,1-4H3,(H,8,9);1-2H3. The fraction of sp³-hybridized carbons (Fsp3) is 0.889. The maximum Gasteiger partial charge on any atom is 0.220 e. The van der Waals surface area contributed by atoms with Gasteiger partial charge in [-0.15, -0.1) is 0 Å². The van der Waals surface area contributed by atoms with Crippen LogP contribution in [0.15, 0.2) is 0 Å². The predicted octanol–water partition coefficient (Wildman–Crippen LogP) is 2.19. The van der Waals surface area contributed by atoms with Gasteiger partial charge in [0.25, 0.3) is 0 Å². The molecule has 0 saturated carbocycles. The first-order chi connectivity index (χ1) is 4.95. The summed E-state index contributed by atoms with van der Waals surface area (Å²) in [7, 11) is 1.66. The average molecular weight is 159 g/mol. The smallest absolute Gasteiger partial charge is 0.220 e. The minimum atomic E-state index is 0.111. The number of rotatable bonds is 1. The van der Waals surface area contributed by atoms with Gasteiger partial charge in [-0.2, -0.15) is 0 Å². The molecule has 0 aromatic heterocycles. The van der Waals surface area contributed by atoms with Crippen LogP contribution in [0.5, 0.6) is 0 Å². The van der Waals surface area contributed by atoms with E-state index in [1.54, 1.807) is 7.05 Å². The van der Waals surface area contributed by atoms with Gasteiger partial charge in [-0.3, -0.25) is 4.79 Å². The second kappa shape index (κ2) is 6.20. The quantitative estimate of drug-likeness (QED) is 0.624. The molecule has 0 rings (SSSR count). The lowest BCUT2D eigenvalue weighted by Gasteiger charge is -2.15. The Hall–Kier alpha value is -0.530. The summed E-state index contributed by atoms with van der Waals surface area (Å²) in [5, 5.41) is 2.58. The molecule has 11 heavy (non-hydrogen) atoms. The van der Waals surface area contributed by atoms with E-state index in [1.807, 2.05) is 34.6 Å². The molecule has 0 bridgehead atoms. The van der Waals surface area contributed by atoms with E-state index in [4.69, 9.17) is 0 Å². The molecule has 0 atom stereocenters. The zero-order valence-electron chi connectivity index (χ0n) is 8.62. The Balaban J connectivity index is 0. The molecule has 0 heterocycles. The van der Waals surface area contributed by atoms with Crippen LogP contribution in [-0.4, -0.2) is 13.0 Å². The second-order valence-electron chi connectivity index (χ2n) is 3.41. The molecule has 0 unspecified atom stereocenters. The third kappa shape index (κ3) is 12.6. The van der Waals surface area contributed by atoms with Crippen LogP contribution in [0.4, 0.5) is 0 Å². The number of carbonyl (C=O) groups is 1. The molecule has 1 amide bonds. The molecule has 0 radical (unpaired) electrons. The summed E-state index contributed by atoms with van der Waals surface area (Å²) in [4.78, 5) is 10.7. The summed E-state index contributed by atoms with van der Waals surface area (Å²) < 4.78 is 0. The molecule has 0 aliphatic carbocycles. The molecular formula is C9H21NO. The van der Waals surface area contributed by atoms with Gasteiger partial charge in [0.05, 0.1) is 0 Å². The number of nitrogens with one attached hydrogen (secondary N) is 1. The molecule has 68 valence electrons. The van der Waals surface area contributed by atoms with Crippen LogP contribution in [0.25, 0.3) is 0 Å². The van der Waals surface area contributed by atoms with Crippen LogP contribution in [0.3, 0.4) is 0 Å². The monoisotopic (exact) mass is 159 g/mol. The summed E-state index contributed by atoms with van der Waals surface area (Å²) in [6.07, 6.45) is 0.601. The van der Waals surface area contributed by atoms with Crippen LogP contribution < -0.4 is 5.32 Å². The van der Waals surface area contributed by atoms with Crippen molar-refractivity contribution < 1.29 is 4.79 Å². The van der Waals surface area contributed by atoms with Crippen molar-refractivity contribution in [1.82, 2.24) is 5.32 Å². The number of amides is 1. The molecule has 0 fully saturated rings. The minimum absolute atomic E-state index is 0.111. The van der Waals surface area contributed by atoms with E-state index < -0.39 is 0 Å². The van der Waals surface area contributed by atoms with Crippen molar-refractivity contribution >= 4 is 5.91 Å². The maximum absolute atomic E-state index is 10.7. The van der Waals surface area contributed by atoms with Gasteiger partial charge in [0.2, 0.25) is 5.91 Å². The average Bonchev–Trinajstić information content (AvgIpc) is 1.89. The zero-order valence-corrected chi connectivity index (χ0v) is 8.62. The zero-order chi connectivity index (χ0) is 9.49. The number of hydrogen-bond acceptors (Lipinski definition) is 1. The molecule has 2 nitrogen and oxygen atoms in total. The van der Waals surface area contributed by atoms with E-state index in [0.29, 0.717) is 6.42 Å². The molecule has 0 aromatic carbocycles. The van der Waals surface area contributed by atoms with Crippen molar-refractivity contribution in [3.8, 4) is 0 Å². The first-order valence-electron chi connectivity index (χ1n) is 4.16. The van der Waals surface area contributed by atoms with Gasteiger partial charge in [-0.1, -0.05) is 34.6 Å². The number of hydrogen-bond donors (Lipinski definition) is 1. The van der Waals surface area contributed by atoms with Crippen LogP contribution in [0.2, 0.25) is 0 Å². The minimum Gasteiger partial charge on any atom is -0.359 e. The van der Waals surface area contributed by atoms with Gasteiger partial charge in [-0.05, 0) is 5.41 Å². The van der Waals surface area contributed by atoms with Crippen molar-refractivity contribution in [3.05, 3.63) is 0 Å². The van der Waals surface area contributed by atoms with Crippen LogP contribution >= 0.6 is 0 Å². The molecule has 0 saturated heterocycles. The first kappa shape index (κ1) is 13.1. The summed E-state index contributed by atoms with van der Waals surface area (Å²) in [6, 6.07) is 0. The predicted molar refractivity (Wildman–Crippen MR) is 49.5 cm³/mol. The summed E-state index contributed by atoms with van der Waals surface area (Å²) in [5.41, 5.74) is 0.111. The third-order valence-corrected chi connectivity index (χ3v) is 0.970. The Kier molecular flexibility index (Phi) is 7.37. The normalized spacial score (nSPS) is 9.64. The summed E-state index contributed by atoms with van der Waals surface area (Å²) in [5.74, 6) is 0.113. The highest BCUT2D eigenvalue weighted by molar-refractivity contribution is 5.76. The molecule has 2 heteroatoms. The maximum atomic E-state index is 10.7. The highest BCUT2D eigenvalue weighted by atomic mass is 16.1. The van der Waals surface area contributed by atoms with Crippen LogP contribution in [0.1, 0.15) is 41.0 Å². The topological polar surface area (TPSA) is 29.1 Å². The van der Waals surface area contributed by atoms with E-state index in [0.717, 1.165) is 0 Å². The van der Waals surface area contributed by atoms with Crippen LogP contribution in [-0.2, 0) is 4.79 Å². The van der Waals surface area contributed by atoms with E-state index in [9.17, 15) is 4.79 Å². The fourth-order valence-corrected chi connectivity index (χ4v) is 0.570. The van der Waals surface area contributed by atoms with Gasteiger partial charge in [0.15, 0.2) is 0 Å². The van der Waals surface area contributed by atoms with Crippen LogP contribution in [0, 0.1) is 5.41 Å². The molecule has 0 aliphatic heterocycles. The lowest BCUT2D eigenvalue weighted by Crippen LogP contribution is -2.23. The third-order valence-electron chi connectivity index (χ3n) is 0.970. The Labute approximate surface area is 70.4 Å². The van der Waals surface area contributed by atoms with Gasteiger partial charge in [0, 0.05) is 13.5 Å². The van der Waals surface area contributed by atoms with Crippen molar-refractivity contribution in [3.63, 3.8) is 0 Å².